The fourth-order valence-corrected chi connectivity index (χ4v) is 1.71. The van der Waals surface area contributed by atoms with Gasteiger partial charge in [-0.2, -0.15) is 0 Å². The van der Waals surface area contributed by atoms with Crippen LogP contribution < -0.4 is 5.32 Å². The number of hydrogen-bond donors (Lipinski definition) is 2. The van der Waals surface area contributed by atoms with Crippen LogP contribution in [0, 0.1) is 18.6 Å². The molecule has 0 radical (unpaired) electrons. The largest absolute Gasteiger partial charge is 0.478 e. The molecule has 0 spiro atoms. The number of aryl methyl sites for hydroxylation is 1. The molecule has 0 aromatic heterocycles. The SMILES string of the molecule is Cc1cc(F)ccc1Nc1ccc(F)cc1C(=O)O. The van der Waals surface area contributed by atoms with Gasteiger partial charge in [-0.3, -0.25) is 0 Å². The number of anilines is 2. The Hall–Kier alpha value is -2.43. The molecule has 2 aromatic carbocycles. The van der Waals surface area contributed by atoms with Gasteiger partial charge in [0, 0.05) is 5.69 Å². The Bertz CT molecular complexity index is 641. The molecule has 0 aliphatic carbocycles. The van der Waals surface area contributed by atoms with Gasteiger partial charge in [0.2, 0.25) is 0 Å². The molecule has 5 heteroatoms. The third-order valence-electron chi connectivity index (χ3n) is 2.67. The predicted molar refractivity (Wildman–Crippen MR) is 67.8 cm³/mol. The molecule has 0 fully saturated rings. The molecule has 0 unspecified atom stereocenters. The van der Waals surface area contributed by atoms with Crippen LogP contribution in [0.15, 0.2) is 36.4 Å². The maximum Gasteiger partial charge on any atom is 0.337 e. The monoisotopic (exact) mass is 263 g/mol. The van der Waals surface area contributed by atoms with Crippen molar-refractivity contribution in [1.82, 2.24) is 0 Å². The number of carboxylic acids is 1. The summed E-state index contributed by atoms with van der Waals surface area (Å²) >= 11 is 0. The second-order valence-electron chi connectivity index (χ2n) is 4.08. The van der Waals surface area contributed by atoms with Gasteiger partial charge in [0.25, 0.3) is 0 Å². The third-order valence-corrected chi connectivity index (χ3v) is 2.67. The standard InChI is InChI=1S/C14H11F2NO2/c1-8-6-9(15)2-4-12(8)17-13-5-3-10(16)7-11(13)14(18)19/h2-7,17H,1H3,(H,18,19). The fourth-order valence-electron chi connectivity index (χ4n) is 1.71. The number of rotatable bonds is 3. The van der Waals surface area contributed by atoms with E-state index < -0.39 is 11.8 Å². The van der Waals surface area contributed by atoms with Crippen molar-refractivity contribution in [3.8, 4) is 0 Å². The van der Waals surface area contributed by atoms with Crippen molar-refractivity contribution in [2.24, 2.45) is 0 Å². The zero-order valence-electron chi connectivity index (χ0n) is 10.1. The summed E-state index contributed by atoms with van der Waals surface area (Å²) in [5, 5.41) is 11.9. The van der Waals surface area contributed by atoms with Crippen LogP contribution in [0.4, 0.5) is 20.2 Å². The lowest BCUT2D eigenvalue weighted by molar-refractivity contribution is 0.0697. The first-order valence-corrected chi connectivity index (χ1v) is 5.53. The van der Waals surface area contributed by atoms with E-state index in [0.717, 1.165) is 12.1 Å². The van der Waals surface area contributed by atoms with Crippen LogP contribution in [0.25, 0.3) is 0 Å². The molecule has 0 aliphatic heterocycles. The molecule has 0 amide bonds. The van der Waals surface area contributed by atoms with Gasteiger partial charge in [-0.05, 0) is 48.9 Å². The number of aromatic carboxylic acids is 1. The highest BCUT2D eigenvalue weighted by atomic mass is 19.1. The number of benzene rings is 2. The summed E-state index contributed by atoms with van der Waals surface area (Å²) in [7, 11) is 0. The molecule has 0 saturated carbocycles. The van der Waals surface area contributed by atoms with Crippen LogP contribution in [0.2, 0.25) is 0 Å². The van der Waals surface area contributed by atoms with E-state index in [4.69, 9.17) is 5.11 Å². The molecule has 2 N–H and O–H groups in total. The molecule has 2 aromatic rings. The van der Waals surface area contributed by atoms with Crippen molar-refractivity contribution in [3.05, 3.63) is 59.2 Å². The summed E-state index contributed by atoms with van der Waals surface area (Å²) in [4.78, 5) is 11.0. The lowest BCUT2D eigenvalue weighted by Crippen LogP contribution is -2.04. The third kappa shape index (κ3) is 2.88. The van der Waals surface area contributed by atoms with E-state index in [2.05, 4.69) is 5.32 Å². The Labute approximate surface area is 108 Å². The maximum absolute atomic E-state index is 13.0. The van der Waals surface area contributed by atoms with Crippen molar-refractivity contribution in [2.75, 3.05) is 5.32 Å². The summed E-state index contributed by atoms with van der Waals surface area (Å²) in [5.74, 6) is -2.24. The summed E-state index contributed by atoms with van der Waals surface area (Å²) in [6.45, 7) is 1.69. The lowest BCUT2D eigenvalue weighted by atomic mass is 10.1. The van der Waals surface area contributed by atoms with Crippen molar-refractivity contribution in [1.29, 1.82) is 0 Å². The lowest BCUT2D eigenvalue weighted by Gasteiger charge is -2.12. The van der Waals surface area contributed by atoms with Gasteiger partial charge < -0.3 is 10.4 Å². The first kappa shape index (κ1) is 13.0. The molecule has 0 bridgehead atoms. The van der Waals surface area contributed by atoms with Crippen molar-refractivity contribution in [2.45, 2.75) is 6.92 Å². The van der Waals surface area contributed by atoms with Gasteiger partial charge in [-0.1, -0.05) is 0 Å². The summed E-state index contributed by atoms with van der Waals surface area (Å²) in [6.07, 6.45) is 0. The molecular formula is C14H11F2NO2. The minimum absolute atomic E-state index is 0.177. The van der Waals surface area contributed by atoms with E-state index in [0.29, 0.717) is 11.3 Å². The van der Waals surface area contributed by atoms with E-state index in [9.17, 15) is 13.6 Å². The van der Waals surface area contributed by atoms with Crippen molar-refractivity contribution >= 4 is 17.3 Å². The first-order chi connectivity index (χ1) is 8.97. The molecule has 19 heavy (non-hydrogen) atoms. The normalized spacial score (nSPS) is 10.3. The number of hydrogen-bond acceptors (Lipinski definition) is 2. The topological polar surface area (TPSA) is 49.3 Å². The number of carboxylic acid groups (broad SMARTS) is 1. The maximum atomic E-state index is 13.0. The second-order valence-corrected chi connectivity index (χ2v) is 4.08. The minimum Gasteiger partial charge on any atom is -0.478 e. The van der Waals surface area contributed by atoms with Gasteiger partial charge >= 0.3 is 5.97 Å². The zero-order chi connectivity index (χ0) is 14.0. The zero-order valence-corrected chi connectivity index (χ0v) is 10.1. The number of halogens is 2. The van der Waals surface area contributed by atoms with E-state index >= 15 is 0 Å². The van der Waals surface area contributed by atoms with Crippen LogP contribution in [0.1, 0.15) is 15.9 Å². The number of nitrogens with one attached hydrogen (secondary N) is 1. The van der Waals surface area contributed by atoms with Crippen LogP contribution in [-0.2, 0) is 0 Å². The minimum atomic E-state index is -1.23. The summed E-state index contributed by atoms with van der Waals surface area (Å²) in [5.41, 5.74) is 1.27. The van der Waals surface area contributed by atoms with E-state index in [-0.39, 0.29) is 17.1 Å². The Balaban J connectivity index is 2.40. The smallest absolute Gasteiger partial charge is 0.337 e. The van der Waals surface area contributed by atoms with Gasteiger partial charge in [-0.15, -0.1) is 0 Å². The molecular weight excluding hydrogens is 252 g/mol. The highest BCUT2D eigenvalue weighted by molar-refractivity contribution is 5.95. The molecule has 0 heterocycles. The van der Waals surface area contributed by atoms with Gasteiger partial charge in [-0.25, -0.2) is 13.6 Å². The quantitative estimate of drug-likeness (QED) is 0.887. The average Bonchev–Trinajstić information content (AvgIpc) is 2.34. The fraction of sp³-hybridized carbons (Fsp3) is 0.0714. The van der Waals surface area contributed by atoms with Crippen molar-refractivity contribution < 1.29 is 18.7 Å². The predicted octanol–water partition coefficient (Wildman–Crippen LogP) is 3.72. The van der Waals surface area contributed by atoms with E-state index in [1.54, 1.807) is 6.92 Å². The molecule has 98 valence electrons. The second kappa shape index (κ2) is 5.06. The Morgan fingerprint density at radius 3 is 2.21 bits per heavy atom. The molecule has 2 rings (SSSR count). The van der Waals surface area contributed by atoms with Crippen LogP contribution in [-0.4, -0.2) is 11.1 Å². The molecule has 0 saturated heterocycles. The molecule has 3 nitrogen and oxygen atoms in total. The van der Waals surface area contributed by atoms with E-state index in [1.807, 2.05) is 0 Å². The van der Waals surface area contributed by atoms with Crippen LogP contribution in [0.3, 0.4) is 0 Å². The van der Waals surface area contributed by atoms with Crippen LogP contribution >= 0.6 is 0 Å². The Morgan fingerprint density at radius 1 is 1.05 bits per heavy atom. The van der Waals surface area contributed by atoms with Gasteiger partial charge in [0.1, 0.15) is 11.6 Å². The average molecular weight is 263 g/mol. The van der Waals surface area contributed by atoms with E-state index in [1.165, 1.54) is 24.3 Å². The first-order valence-electron chi connectivity index (χ1n) is 5.53. The molecule has 0 aliphatic rings. The highest BCUT2D eigenvalue weighted by Crippen LogP contribution is 2.24. The molecule has 0 atom stereocenters. The Morgan fingerprint density at radius 2 is 1.63 bits per heavy atom. The van der Waals surface area contributed by atoms with Crippen molar-refractivity contribution in [3.63, 3.8) is 0 Å². The van der Waals surface area contributed by atoms with Gasteiger partial charge in [0.15, 0.2) is 0 Å². The van der Waals surface area contributed by atoms with Crippen LogP contribution in [0.5, 0.6) is 0 Å². The summed E-state index contributed by atoms with van der Waals surface area (Å²) in [6, 6.07) is 7.52. The summed E-state index contributed by atoms with van der Waals surface area (Å²) < 4.78 is 26.0. The number of carbonyl (C=O) groups is 1. The Kier molecular flexibility index (Phi) is 3.46. The highest BCUT2D eigenvalue weighted by Gasteiger charge is 2.12. The van der Waals surface area contributed by atoms with Gasteiger partial charge in [0.05, 0.1) is 11.3 Å².